The lowest BCUT2D eigenvalue weighted by molar-refractivity contribution is 0.239. The van der Waals surface area contributed by atoms with Crippen molar-refractivity contribution in [1.29, 1.82) is 0 Å². The summed E-state index contributed by atoms with van der Waals surface area (Å²) in [4.78, 5) is 0. The Kier molecular flexibility index (Phi) is 4.97. The van der Waals surface area contributed by atoms with Gasteiger partial charge in [0.15, 0.2) is 0 Å². The van der Waals surface area contributed by atoms with Crippen molar-refractivity contribution in [3.05, 3.63) is 28.8 Å². The summed E-state index contributed by atoms with van der Waals surface area (Å²) in [7, 11) is 0. The Morgan fingerprint density at radius 1 is 1.27 bits per heavy atom. The van der Waals surface area contributed by atoms with Crippen LogP contribution >= 0.6 is 11.6 Å². The van der Waals surface area contributed by atoms with E-state index in [1.54, 1.807) is 0 Å². The molecule has 0 aromatic heterocycles. The molecule has 0 aliphatic rings. The lowest BCUT2D eigenvalue weighted by Crippen LogP contribution is -2.10. The topological polar surface area (TPSA) is 9.23 Å². The standard InChI is InChI=1S/C13H19ClO/c1-4-11(5-2)9-15-13-8-12(14)7-6-10(13)3/h6-8,11H,4-5,9H2,1-3H3. The molecule has 0 amide bonds. The average Bonchev–Trinajstić information content (AvgIpc) is 2.24. The van der Waals surface area contributed by atoms with Crippen molar-refractivity contribution < 1.29 is 4.74 Å². The van der Waals surface area contributed by atoms with Gasteiger partial charge in [-0.1, -0.05) is 44.4 Å². The Bertz CT molecular complexity index is 305. The third kappa shape index (κ3) is 3.75. The highest BCUT2D eigenvalue weighted by Crippen LogP contribution is 2.23. The maximum absolute atomic E-state index is 5.92. The van der Waals surface area contributed by atoms with Crippen LogP contribution in [-0.2, 0) is 0 Å². The summed E-state index contributed by atoms with van der Waals surface area (Å²) >= 11 is 5.92. The largest absolute Gasteiger partial charge is 0.493 e. The van der Waals surface area contributed by atoms with Crippen LogP contribution in [0.5, 0.6) is 5.75 Å². The van der Waals surface area contributed by atoms with Crippen molar-refractivity contribution in [2.24, 2.45) is 5.92 Å². The van der Waals surface area contributed by atoms with Crippen LogP contribution in [0.25, 0.3) is 0 Å². The van der Waals surface area contributed by atoms with E-state index in [4.69, 9.17) is 16.3 Å². The van der Waals surface area contributed by atoms with E-state index in [2.05, 4.69) is 13.8 Å². The van der Waals surface area contributed by atoms with Gasteiger partial charge in [0.25, 0.3) is 0 Å². The van der Waals surface area contributed by atoms with Gasteiger partial charge in [0.2, 0.25) is 0 Å². The van der Waals surface area contributed by atoms with Gasteiger partial charge in [-0.25, -0.2) is 0 Å². The summed E-state index contributed by atoms with van der Waals surface area (Å²) in [5.74, 6) is 1.55. The van der Waals surface area contributed by atoms with E-state index in [9.17, 15) is 0 Å². The molecule has 0 spiro atoms. The lowest BCUT2D eigenvalue weighted by atomic mass is 10.1. The van der Waals surface area contributed by atoms with Crippen LogP contribution in [0, 0.1) is 12.8 Å². The molecule has 0 fully saturated rings. The molecule has 0 atom stereocenters. The number of benzene rings is 1. The predicted molar refractivity (Wildman–Crippen MR) is 65.8 cm³/mol. The van der Waals surface area contributed by atoms with Gasteiger partial charge in [0.1, 0.15) is 5.75 Å². The Labute approximate surface area is 97.4 Å². The first-order valence-electron chi connectivity index (χ1n) is 5.56. The van der Waals surface area contributed by atoms with Gasteiger partial charge in [-0.2, -0.15) is 0 Å². The summed E-state index contributed by atoms with van der Waals surface area (Å²) in [6, 6.07) is 5.77. The van der Waals surface area contributed by atoms with Crippen LogP contribution in [0.2, 0.25) is 5.02 Å². The van der Waals surface area contributed by atoms with Crippen molar-refractivity contribution in [3.63, 3.8) is 0 Å². The normalized spacial score (nSPS) is 10.7. The second-order valence-electron chi connectivity index (χ2n) is 3.90. The number of halogens is 1. The molecule has 0 bridgehead atoms. The van der Waals surface area contributed by atoms with E-state index in [-0.39, 0.29) is 0 Å². The smallest absolute Gasteiger partial charge is 0.123 e. The maximum atomic E-state index is 5.92. The molecule has 84 valence electrons. The van der Waals surface area contributed by atoms with E-state index in [1.165, 1.54) is 0 Å². The van der Waals surface area contributed by atoms with Crippen LogP contribution in [0.3, 0.4) is 0 Å². The minimum atomic E-state index is 0.642. The maximum Gasteiger partial charge on any atom is 0.123 e. The van der Waals surface area contributed by atoms with E-state index >= 15 is 0 Å². The predicted octanol–water partition coefficient (Wildman–Crippen LogP) is 4.46. The van der Waals surface area contributed by atoms with Crippen LogP contribution < -0.4 is 4.74 Å². The second-order valence-corrected chi connectivity index (χ2v) is 4.34. The monoisotopic (exact) mass is 226 g/mol. The molecule has 0 unspecified atom stereocenters. The number of hydrogen-bond acceptors (Lipinski definition) is 1. The van der Waals surface area contributed by atoms with E-state index in [0.29, 0.717) is 5.92 Å². The van der Waals surface area contributed by atoms with Crippen molar-refractivity contribution in [3.8, 4) is 5.75 Å². The molecule has 1 nitrogen and oxygen atoms in total. The number of rotatable bonds is 5. The van der Waals surface area contributed by atoms with Crippen LogP contribution in [0.1, 0.15) is 32.3 Å². The number of hydrogen-bond donors (Lipinski definition) is 0. The first kappa shape index (κ1) is 12.4. The fourth-order valence-corrected chi connectivity index (χ4v) is 1.62. The van der Waals surface area contributed by atoms with E-state index < -0.39 is 0 Å². The van der Waals surface area contributed by atoms with Crippen LogP contribution in [0.4, 0.5) is 0 Å². The number of ether oxygens (including phenoxy) is 1. The van der Waals surface area contributed by atoms with Gasteiger partial charge in [0.05, 0.1) is 6.61 Å². The molecule has 1 rings (SSSR count). The molecule has 0 saturated carbocycles. The van der Waals surface area contributed by atoms with Crippen molar-refractivity contribution in [2.75, 3.05) is 6.61 Å². The molecule has 0 N–H and O–H groups in total. The first-order chi connectivity index (χ1) is 7.17. The molecular formula is C13H19ClO. The Morgan fingerprint density at radius 3 is 2.53 bits per heavy atom. The zero-order valence-electron chi connectivity index (χ0n) is 9.72. The molecule has 0 aliphatic carbocycles. The highest BCUT2D eigenvalue weighted by molar-refractivity contribution is 6.30. The molecular weight excluding hydrogens is 208 g/mol. The van der Waals surface area contributed by atoms with Crippen molar-refractivity contribution in [2.45, 2.75) is 33.6 Å². The SMILES string of the molecule is CCC(CC)COc1cc(Cl)ccc1C. The average molecular weight is 227 g/mol. The molecule has 0 aliphatic heterocycles. The molecule has 2 heteroatoms. The summed E-state index contributed by atoms with van der Waals surface area (Å²) < 4.78 is 5.78. The van der Waals surface area contributed by atoms with E-state index in [1.807, 2.05) is 25.1 Å². The van der Waals surface area contributed by atoms with Gasteiger partial charge < -0.3 is 4.74 Å². The van der Waals surface area contributed by atoms with Gasteiger partial charge >= 0.3 is 0 Å². The van der Waals surface area contributed by atoms with E-state index in [0.717, 1.165) is 35.8 Å². The first-order valence-corrected chi connectivity index (χ1v) is 5.94. The Morgan fingerprint density at radius 2 is 1.93 bits per heavy atom. The third-order valence-corrected chi connectivity index (χ3v) is 3.01. The molecule has 0 heterocycles. The van der Waals surface area contributed by atoms with Crippen LogP contribution in [0.15, 0.2) is 18.2 Å². The molecule has 0 radical (unpaired) electrons. The summed E-state index contributed by atoms with van der Waals surface area (Å²) in [5.41, 5.74) is 1.14. The van der Waals surface area contributed by atoms with Gasteiger partial charge in [-0.3, -0.25) is 0 Å². The molecule has 1 aromatic rings. The zero-order chi connectivity index (χ0) is 11.3. The Hall–Kier alpha value is -0.690. The zero-order valence-corrected chi connectivity index (χ0v) is 10.5. The second kappa shape index (κ2) is 6.02. The van der Waals surface area contributed by atoms with Crippen molar-refractivity contribution >= 4 is 11.6 Å². The quantitative estimate of drug-likeness (QED) is 0.720. The highest BCUT2D eigenvalue weighted by atomic mass is 35.5. The highest BCUT2D eigenvalue weighted by Gasteiger charge is 2.06. The summed E-state index contributed by atoms with van der Waals surface area (Å²) in [5, 5.41) is 0.736. The minimum absolute atomic E-state index is 0.642. The number of aryl methyl sites for hydroxylation is 1. The van der Waals surface area contributed by atoms with Gasteiger partial charge in [-0.15, -0.1) is 0 Å². The summed E-state index contributed by atoms with van der Waals surface area (Å²) in [6.45, 7) is 7.22. The molecule has 0 saturated heterocycles. The fourth-order valence-electron chi connectivity index (χ4n) is 1.46. The Balaban J connectivity index is 2.60. The van der Waals surface area contributed by atoms with Crippen LogP contribution in [-0.4, -0.2) is 6.61 Å². The third-order valence-electron chi connectivity index (χ3n) is 2.78. The summed E-state index contributed by atoms with van der Waals surface area (Å²) in [6.07, 6.45) is 2.33. The molecule has 1 aromatic carbocycles. The van der Waals surface area contributed by atoms with Gasteiger partial charge in [-0.05, 0) is 30.5 Å². The van der Waals surface area contributed by atoms with Crippen molar-refractivity contribution in [1.82, 2.24) is 0 Å². The lowest BCUT2D eigenvalue weighted by Gasteiger charge is -2.15. The molecule has 15 heavy (non-hydrogen) atoms. The minimum Gasteiger partial charge on any atom is -0.493 e. The van der Waals surface area contributed by atoms with Gasteiger partial charge in [0, 0.05) is 5.02 Å². The fraction of sp³-hybridized carbons (Fsp3) is 0.538.